The highest BCUT2D eigenvalue weighted by molar-refractivity contribution is 7.13. The van der Waals surface area contributed by atoms with E-state index >= 15 is 0 Å². The molecule has 0 saturated carbocycles. The van der Waals surface area contributed by atoms with Gasteiger partial charge in [0.05, 0.1) is 12.7 Å². The third kappa shape index (κ3) is 7.83. The van der Waals surface area contributed by atoms with Gasteiger partial charge < -0.3 is 31.4 Å². The lowest BCUT2D eigenvalue weighted by Gasteiger charge is -2.04. The summed E-state index contributed by atoms with van der Waals surface area (Å²) in [5, 5.41) is 2.04. The average Bonchev–Trinajstić information content (AvgIpc) is 3.96. The minimum absolute atomic E-state index is 0.0783. The number of nitrogens with two attached hydrogens (primary N) is 2. The van der Waals surface area contributed by atoms with Crippen LogP contribution in [0.4, 0.5) is 11.8 Å². The van der Waals surface area contributed by atoms with Gasteiger partial charge in [-0.2, -0.15) is 15.0 Å². The predicted molar refractivity (Wildman–Crippen MR) is 196 cm³/mol. The molecule has 268 valence electrons. The fourth-order valence-corrected chi connectivity index (χ4v) is 5.21. The molecule has 0 aliphatic heterocycles. The lowest BCUT2D eigenvalue weighted by atomic mass is 10.2. The van der Waals surface area contributed by atoms with Crippen molar-refractivity contribution in [3.63, 3.8) is 0 Å². The van der Waals surface area contributed by atoms with E-state index < -0.39 is 11.4 Å². The van der Waals surface area contributed by atoms with E-state index in [1.807, 2.05) is 17.5 Å². The molecule has 0 fully saturated rings. The fraction of sp³-hybridized carbons (Fsp3) is 0.0667. The van der Waals surface area contributed by atoms with E-state index in [2.05, 4.69) is 75.8 Å². The van der Waals surface area contributed by atoms with Gasteiger partial charge in [-0.25, -0.2) is 29.5 Å². The van der Waals surface area contributed by atoms with Gasteiger partial charge in [0.2, 0.25) is 11.9 Å². The molecule has 11 N–H and O–H groups in total. The highest BCUT2D eigenvalue weighted by Crippen LogP contribution is 2.30. The number of anilines is 2. The Balaban J connectivity index is 0.000000138. The Bertz CT molecular complexity index is 2920. The van der Waals surface area contributed by atoms with Crippen molar-refractivity contribution in [3.05, 3.63) is 124 Å². The van der Waals surface area contributed by atoms with Crippen molar-refractivity contribution >= 4 is 56.6 Å². The summed E-state index contributed by atoms with van der Waals surface area (Å²) >= 11 is 1.66. The van der Waals surface area contributed by atoms with Crippen molar-refractivity contribution < 1.29 is 0 Å². The Morgan fingerprint density at radius 1 is 0.698 bits per heavy atom. The van der Waals surface area contributed by atoms with Crippen LogP contribution in [0.3, 0.4) is 0 Å². The molecule has 9 aromatic rings. The number of pyridine rings is 1. The molecule has 0 spiro atoms. The Morgan fingerprint density at radius 2 is 1.34 bits per heavy atom. The third-order valence-corrected chi connectivity index (χ3v) is 7.97. The molecule has 53 heavy (non-hydrogen) atoms. The monoisotopic (exact) mass is 737 g/mol. The molecule has 22 nitrogen and oxygen atoms in total. The smallest absolute Gasteiger partial charge is 0.325 e. The molecule has 0 aromatic carbocycles. The number of fused-ring (bicyclic) bond motifs is 3. The van der Waals surface area contributed by atoms with Gasteiger partial charge in [-0.3, -0.25) is 33.9 Å². The van der Waals surface area contributed by atoms with E-state index in [9.17, 15) is 24.0 Å². The van der Waals surface area contributed by atoms with Crippen LogP contribution in [0.2, 0.25) is 0 Å². The van der Waals surface area contributed by atoms with E-state index in [0.29, 0.717) is 50.9 Å². The van der Waals surface area contributed by atoms with Crippen LogP contribution >= 0.6 is 11.3 Å². The first-order valence-corrected chi connectivity index (χ1v) is 16.0. The second-order valence-electron chi connectivity index (χ2n) is 10.7. The minimum atomic E-state index is -0.467. The van der Waals surface area contributed by atoms with Gasteiger partial charge in [0.1, 0.15) is 17.4 Å². The molecule has 0 saturated heterocycles. The minimum Gasteiger partial charge on any atom is -0.382 e. The van der Waals surface area contributed by atoms with Gasteiger partial charge in [0.15, 0.2) is 28.3 Å². The molecule has 0 radical (unpaired) electrons. The first-order chi connectivity index (χ1) is 25.5. The van der Waals surface area contributed by atoms with Crippen molar-refractivity contribution in [2.45, 2.75) is 13.8 Å². The van der Waals surface area contributed by atoms with Crippen molar-refractivity contribution in [3.8, 4) is 16.4 Å². The van der Waals surface area contributed by atoms with Gasteiger partial charge in [-0.15, -0.1) is 11.3 Å². The van der Waals surface area contributed by atoms with E-state index in [0.717, 1.165) is 16.0 Å². The Morgan fingerprint density at radius 3 is 1.94 bits per heavy atom. The number of aromatic nitrogens is 15. The number of nitrogen functional groups attached to an aromatic ring is 2. The maximum Gasteiger partial charge on any atom is 0.325 e. The molecule has 9 heterocycles. The molecule has 23 heteroatoms. The van der Waals surface area contributed by atoms with Crippen LogP contribution in [0.5, 0.6) is 0 Å². The zero-order valence-corrected chi connectivity index (χ0v) is 28.3. The predicted octanol–water partition coefficient (Wildman–Crippen LogP) is 0.369. The topological polar surface area (TPSA) is 343 Å². The summed E-state index contributed by atoms with van der Waals surface area (Å²) in [5.41, 5.74) is 14.7. The van der Waals surface area contributed by atoms with Crippen molar-refractivity contribution in [1.82, 2.24) is 74.3 Å². The van der Waals surface area contributed by atoms with E-state index in [1.54, 1.807) is 48.6 Å². The number of hydrogen-bond acceptors (Lipinski definition) is 15. The SMILES string of the molecule is Cc1c[nH]c(=O)[nH]c1=O.Cc1c[nH]c(=O)[nH]c1=O.Nc1nc(-n2cnc3c(-c4cccs4)ccnc32)nc2nc[nH]c12.Nc1nc2nc[nH]c2c(=O)[nH]1. The van der Waals surface area contributed by atoms with Crippen LogP contribution in [-0.2, 0) is 0 Å². The van der Waals surface area contributed by atoms with Crippen molar-refractivity contribution in [2.75, 3.05) is 11.5 Å². The number of thiophene rings is 1. The zero-order valence-electron chi connectivity index (χ0n) is 27.5. The second-order valence-corrected chi connectivity index (χ2v) is 11.6. The number of hydrogen-bond donors (Lipinski definition) is 9. The molecule has 9 aromatic heterocycles. The van der Waals surface area contributed by atoms with Crippen LogP contribution in [-0.4, -0.2) is 74.3 Å². The van der Waals surface area contributed by atoms with E-state index in [4.69, 9.17) is 11.5 Å². The van der Waals surface area contributed by atoms with Crippen LogP contribution in [0.1, 0.15) is 11.1 Å². The van der Waals surface area contributed by atoms with Gasteiger partial charge in [0.25, 0.3) is 16.7 Å². The van der Waals surface area contributed by atoms with Gasteiger partial charge in [-0.1, -0.05) is 6.07 Å². The molecule has 0 aliphatic rings. The maximum atomic E-state index is 11.0. The number of imidazole rings is 3. The summed E-state index contributed by atoms with van der Waals surface area (Å²) in [6, 6.07) is 6.03. The maximum absolute atomic E-state index is 11.0. The number of nitrogens with one attached hydrogen (secondary N) is 7. The molecule has 0 bridgehead atoms. The lowest BCUT2D eigenvalue weighted by Crippen LogP contribution is -2.22. The normalized spacial score (nSPS) is 10.6. The summed E-state index contributed by atoms with van der Waals surface area (Å²) in [6.45, 7) is 3.24. The molecule has 0 aliphatic carbocycles. The Kier molecular flexibility index (Phi) is 9.89. The lowest BCUT2D eigenvalue weighted by molar-refractivity contribution is 0.953. The van der Waals surface area contributed by atoms with Crippen LogP contribution < -0.4 is 39.5 Å². The largest absolute Gasteiger partial charge is 0.382 e. The second kappa shape index (κ2) is 15.0. The molecule has 0 amide bonds. The van der Waals surface area contributed by atoms with Crippen LogP contribution in [0, 0.1) is 13.8 Å². The summed E-state index contributed by atoms with van der Waals surface area (Å²) in [5.74, 6) is 0.809. The molecular formula is C30H27N17O5S. The van der Waals surface area contributed by atoms with Gasteiger partial charge in [-0.05, 0) is 31.4 Å². The zero-order chi connectivity index (χ0) is 37.6. The highest BCUT2D eigenvalue weighted by atomic mass is 32.1. The number of rotatable bonds is 2. The van der Waals surface area contributed by atoms with Gasteiger partial charge in [0, 0.05) is 40.2 Å². The quantitative estimate of drug-likeness (QED) is 0.116. The van der Waals surface area contributed by atoms with Crippen molar-refractivity contribution in [1.29, 1.82) is 0 Å². The van der Waals surface area contributed by atoms with Crippen molar-refractivity contribution in [2.24, 2.45) is 0 Å². The average molecular weight is 738 g/mol. The number of aromatic amines is 7. The number of H-pyrrole nitrogens is 7. The molecule has 9 rings (SSSR count). The standard InChI is InChI=1S/C15H10N8S.C5H5N5O.2C5H6N2O2/c16-12-11-13(19-6-18-11)22-15(21-12)23-7-20-10-8(3-4-17-14(10)23)9-2-1-5-24-9;6-5-9-3-2(4(11)10-5)7-1-8-3;2*1-3-2-6-5(9)7-4(3)8/h1-7H,(H3,16,18,19,21,22);1H,(H4,6,7,8,9,10,11);2*2H,1H3,(H2,6,7,8,9). The first kappa shape index (κ1) is 35.0. The summed E-state index contributed by atoms with van der Waals surface area (Å²) < 4.78 is 1.72. The Hall–Kier alpha value is -7.82. The fourth-order valence-electron chi connectivity index (χ4n) is 4.46. The molecular weight excluding hydrogens is 711 g/mol. The number of nitrogens with zero attached hydrogens (tertiary/aromatic N) is 8. The first-order valence-electron chi connectivity index (χ1n) is 15.1. The number of aryl methyl sites for hydroxylation is 2. The summed E-state index contributed by atoms with van der Waals surface area (Å²) in [4.78, 5) is 100. The molecule has 0 atom stereocenters. The summed E-state index contributed by atoms with van der Waals surface area (Å²) in [7, 11) is 0. The van der Waals surface area contributed by atoms with Gasteiger partial charge >= 0.3 is 11.4 Å². The van der Waals surface area contributed by atoms with Crippen LogP contribution in [0.15, 0.2) is 85.1 Å². The van der Waals surface area contributed by atoms with Crippen LogP contribution in [0.25, 0.3) is 49.9 Å². The molecule has 0 unspecified atom stereocenters. The van der Waals surface area contributed by atoms with E-state index in [1.165, 1.54) is 18.7 Å². The highest BCUT2D eigenvalue weighted by Gasteiger charge is 2.15. The summed E-state index contributed by atoms with van der Waals surface area (Å²) in [6.07, 6.45) is 9.10. The van der Waals surface area contributed by atoms with E-state index in [-0.39, 0.29) is 22.6 Å². The third-order valence-electron chi connectivity index (χ3n) is 7.06. The Labute approximate surface area is 296 Å².